The zero-order valence-electron chi connectivity index (χ0n) is 16.6. The summed E-state index contributed by atoms with van der Waals surface area (Å²) in [6.45, 7) is 0. The van der Waals surface area contributed by atoms with Crippen LogP contribution in [0.4, 0.5) is 0 Å². The van der Waals surface area contributed by atoms with Crippen molar-refractivity contribution in [3.8, 4) is 0 Å². The molecule has 1 aromatic heterocycles. The molecule has 2 saturated carbocycles. The van der Waals surface area contributed by atoms with Gasteiger partial charge < -0.3 is 10.5 Å². The van der Waals surface area contributed by atoms with Crippen molar-refractivity contribution in [3.63, 3.8) is 0 Å². The number of fused-ring (bicyclic) bond motifs is 1. The van der Waals surface area contributed by atoms with Gasteiger partial charge >= 0.3 is 5.97 Å². The van der Waals surface area contributed by atoms with Crippen molar-refractivity contribution in [1.82, 2.24) is 9.55 Å². The number of hydrogen-bond donors (Lipinski definition) is 1. The lowest BCUT2D eigenvalue weighted by atomic mass is 9.88. The molecule has 2 aliphatic carbocycles. The van der Waals surface area contributed by atoms with Gasteiger partial charge in [0.1, 0.15) is 11.9 Å². The predicted molar refractivity (Wildman–Crippen MR) is 120 cm³/mol. The molecule has 160 valence electrons. The van der Waals surface area contributed by atoms with Crippen LogP contribution in [0.25, 0.3) is 10.9 Å². The van der Waals surface area contributed by atoms with Gasteiger partial charge in [-0.15, -0.1) is 0 Å². The number of nitrogens with two attached hydrogens (primary N) is 1. The molecule has 0 amide bonds. The Kier molecular flexibility index (Phi) is 5.24. The largest absolute Gasteiger partial charge is 0.459 e. The van der Waals surface area contributed by atoms with E-state index in [0.29, 0.717) is 51.1 Å². The van der Waals surface area contributed by atoms with Gasteiger partial charge in [0.25, 0.3) is 5.56 Å². The van der Waals surface area contributed by atoms with E-state index in [0.717, 1.165) is 12.8 Å². The third-order valence-electron chi connectivity index (χ3n) is 6.13. The standard InChI is InChI=1S/C23H21Cl2N3O3/c24-16-8-9-17(25)20-18(16)22(29)28(21(27-20)19(26)12-6-7-12)14-10-15(11-14)31-23(30)13-4-2-1-3-5-13/h1-5,8-9,12,14-15,19H,6-7,10-11,26H2. The molecule has 1 unspecified atom stereocenters. The number of halogens is 2. The van der Waals surface area contributed by atoms with Crippen LogP contribution in [-0.2, 0) is 4.74 Å². The molecular formula is C23H21Cl2N3O3. The molecule has 1 atom stereocenters. The van der Waals surface area contributed by atoms with E-state index in [2.05, 4.69) is 0 Å². The van der Waals surface area contributed by atoms with Crippen LogP contribution in [0.2, 0.25) is 10.0 Å². The topological polar surface area (TPSA) is 87.2 Å². The summed E-state index contributed by atoms with van der Waals surface area (Å²) in [4.78, 5) is 30.5. The molecule has 5 rings (SSSR count). The van der Waals surface area contributed by atoms with Gasteiger partial charge in [-0.3, -0.25) is 9.36 Å². The molecule has 0 aliphatic heterocycles. The fraction of sp³-hybridized carbons (Fsp3) is 0.348. The molecule has 8 heteroatoms. The molecule has 0 saturated heterocycles. The average Bonchev–Trinajstić information content (AvgIpc) is 3.58. The van der Waals surface area contributed by atoms with Crippen LogP contribution < -0.4 is 11.3 Å². The highest BCUT2D eigenvalue weighted by Gasteiger charge is 2.39. The number of hydrogen-bond acceptors (Lipinski definition) is 5. The van der Waals surface area contributed by atoms with Gasteiger partial charge in [-0.05, 0) is 43.0 Å². The van der Waals surface area contributed by atoms with Crippen molar-refractivity contribution in [3.05, 3.63) is 74.3 Å². The summed E-state index contributed by atoms with van der Waals surface area (Å²) < 4.78 is 7.25. The van der Waals surface area contributed by atoms with E-state index in [-0.39, 0.29) is 29.7 Å². The molecule has 2 N–H and O–H groups in total. The highest BCUT2D eigenvalue weighted by Crippen LogP contribution is 2.42. The lowest BCUT2D eigenvalue weighted by Gasteiger charge is -2.37. The number of carbonyl (C=O) groups is 1. The van der Waals surface area contributed by atoms with Gasteiger partial charge in [-0.25, -0.2) is 9.78 Å². The van der Waals surface area contributed by atoms with E-state index in [4.69, 9.17) is 38.7 Å². The fourth-order valence-electron chi connectivity index (χ4n) is 4.14. The smallest absolute Gasteiger partial charge is 0.338 e. The molecule has 2 fully saturated rings. The van der Waals surface area contributed by atoms with Crippen molar-refractivity contribution in [2.45, 2.75) is 43.9 Å². The number of carbonyl (C=O) groups excluding carboxylic acids is 1. The van der Waals surface area contributed by atoms with E-state index < -0.39 is 0 Å². The summed E-state index contributed by atoms with van der Waals surface area (Å²) in [5, 5.41) is 0.977. The zero-order chi connectivity index (χ0) is 21.7. The average molecular weight is 458 g/mol. The second-order valence-electron chi connectivity index (χ2n) is 8.28. The van der Waals surface area contributed by atoms with Crippen LogP contribution >= 0.6 is 23.2 Å². The van der Waals surface area contributed by atoms with Gasteiger partial charge in [-0.1, -0.05) is 41.4 Å². The molecular weight excluding hydrogens is 437 g/mol. The SMILES string of the molecule is NC(c1nc2c(Cl)ccc(Cl)c2c(=O)n1C1CC(OC(=O)c2ccccc2)C1)C1CC1. The number of ether oxygens (including phenoxy) is 1. The zero-order valence-corrected chi connectivity index (χ0v) is 18.1. The Balaban J connectivity index is 1.46. The first-order valence-corrected chi connectivity index (χ1v) is 11.1. The summed E-state index contributed by atoms with van der Waals surface area (Å²) in [6, 6.07) is 11.6. The summed E-state index contributed by atoms with van der Waals surface area (Å²) in [7, 11) is 0. The van der Waals surface area contributed by atoms with Crippen molar-refractivity contribution in [2.24, 2.45) is 11.7 Å². The lowest BCUT2D eigenvalue weighted by molar-refractivity contribution is -0.00927. The van der Waals surface area contributed by atoms with Crippen LogP contribution in [-0.4, -0.2) is 21.6 Å². The molecule has 6 nitrogen and oxygen atoms in total. The molecule has 2 aliphatic rings. The second-order valence-corrected chi connectivity index (χ2v) is 9.09. The molecule has 2 aromatic carbocycles. The Labute approximate surface area is 188 Å². The molecule has 1 heterocycles. The highest BCUT2D eigenvalue weighted by atomic mass is 35.5. The number of esters is 1. The lowest BCUT2D eigenvalue weighted by Crippen LogP contribution is -2.42. The summed E-state index contributed by atoms with van der Waals surface area (Å²) >= 11 is 12.7. The van der Waals surface area contributed by atoms with Crippen LogP contribution in [0.3, 0.4) is 0 Å². The third kappa shape index (κ3) is 3.73. The van der Waals surface area contributed by atoms with Gasteiger partial charge in [0.05, 0.1) is 32.6 Å². The molecule has 0 spiro atoms. The van der Waals surface area contributed by atoms with Crippen LogP contribution in [0, 0.1) is 5.92 Å². The van der Waals surface area contributed by atoms with Gasteiger partial charge in [0.15, 0.2) is 0 Å². The van der Waals surface area contributed by atoms with E-state index in [1.54, 1.807) is 41.0 Å². The highest BCUT2D eigenvalue weighted by molar-refractivity contribution is 6.39. The van der Waals surface area contributed by atoms with E-state index in [1.807, 2.05) is 6.07 Å². The molecule has 0 bridgehead atoms. The van der Waals surface area contributed by atoms with Crippen LogP contribution in [0.1, 0.15) is 53.9 Å². The Morgan fingerprint density at radius 1 is 1.10 bits per heavy atom. The van der Waals surface area contributed by atoms with Crippen molar-refractivity contribution >= 4 is 40.1 Å². The maximum absolute atomic E-state index is 13.5. The quantitative estimate of drug-likeness (QED) is 0.562. The minimum Gasteiger partial charge on any atom is -0.459 e. The molecule has 31 heavy (non-hydrogen) atoms. The Morgan fingerprint density at radius 3 is 2.45 bits per heavy atom. The fourth-order valence-corrected chi connectivity index (χ4v) is 4.57. The third-order valence-corrected chi connectivity index (χ3v) is 6.75. The predicted octanol–water partition coefficient (Wildman–Crippen LogP) is 4.67. The van der Waals surface area contributed by atoms with Crippen molar-refractivity contribution in [2.75, 3.05) is 0 Å². The summed E-state index contributed by atoms with van der Waals surface area (Å²) in [5.41, 5.74) is 7.11. The minimum atomic E-state index is -0.363. The van der Waals surface area contributed by atoms with Gasteiger partial charge in [0.2, 0.25) is 0 Å². The maximum Gasteiger partial charge on any atom is 0.338 e. The first kappa shape index (κ1) is 20.5. The van der Waals surface area contributed by atoms with Gasteiger partial charge in [-0.2, -0.15) is 0 Å². The van der Waals surface area contributed by atoms with E-state index >= 15 is 0 Å². The Hall–Kier alpha value is -2.41. The van der Waals surface area contributed by atoms with E-state index in [1.165, 1.54) is 0 Å². The normalized spacial score (nSPS) is 21.5. The molecule has 3 aromatic rings. The van der Waals surface area contributed by atoms with Crippen LogP contribution in [0.15, 0.2) is 47.3 Å². The first-order valence-electron chi connectivity index (χ1n) is 10.4. The van der Waals surface area contributed by atoms with E-state index in [9.17, 15) is 9.59 Å². The minimum absolute atomic E-state index is 0.159. The molecule has 0 radical (unpaired) electrons. The van der Waals surface area contributed by atoms with Crippen molar-refractivity contribution < 1.29 is 9.53 Å². The monoisotopic (exact) mass is 457 g/mol. The summed E-state index contributed by atoms with van der Waals surface area (Å²) in [5.74, 6) is 0.472. The second kappa shape index (κ2) is 7.93. The Morgan fingerprint density at radius 2 is 1.77 bits per heavy atom. The Bertz CT molecular complexity index is 1220. The summed E-state index contributed by atoms with van der Waals surface area (Å²) in [6.07, 6.45) is 2.81. The number of nitrogens with zero attached hydrogens (tertiary/aromatic N) is 2. The van der Waals surface area contributed by atoms with Gasteiger partial charge in [0, 0.05) is 18.9 Å². The number of benzene rings is 2. The van der Waals surface area contributed by atoms with Crippen LogP contribution in [0.5, 0.6) is 0 Å². The first-order chi connectivity index (χ1) is 14.9. The number of aromatic nitrogens is 2. The maximum atomic E-state index is 13.5. The van der Waals surface area contributed by atoms with Crippen molar-refractivity contribution in [1.29, 1.82) is 0 Å². The number of rotatable bonds is 5.